The summed E-state index contributed by atoms with van der Waals surface area (Å²) in [6, 6.07) is 24.9. The Labute approximate surface area is 284 Å². The predicted octanol–water partition coefficient (Wildman–Crippen LogP) is 3.56. The molecule has 13 heteroatoms. The van der Waals surface area contributed by atoms with Crippen LogP contribution in [0.2, 0.25) is 0 Å². The van der Waals surface area contributed by atoms with Crippen molar-refractivity contribution in [2.45, 2.75) is 30.1 Å². The van der Waals surface area contributed by atoms with Crippen LogP contribution in [0.25, 0.3) is 11.2 Å². The van der Waals surface area contributed by atoms with Gasteiger partial charge in [-0.25, -0.2) is 9.98 Å². The van der Waals surface area contributed by atoms with E-state index in [-0.39, 0.29) is 23.7 Å². The number of methoxy groups -OCH3 is 2. The van der Waals surface area contributed by atoms with Crippen molar-refractivity contribution < 1.29 is 24.1 Å². The van der Waals surface area contributed by atoms with Crippen LogP contribution in [-0.2, 0) is 15.1 Å². The average molecular weight is 668 g/mol. The zero-order chi connectivity index (χ0) is 34.7. The number of nitrogens with zero attached hydrogens (tertiary/aromatic N) is 6. The number of rotatable bonds is 12. The van der Waals surface area contributed by atoms with E-state index in [9.17, 15) is 9.90 Å². The van der Waals surface area contributed by atoms with Crippen molar-refractivity contribution in [1.82, 2.24) is 29.3 Å². The number of H-pyrrole nitrogens is 1. The van der Waals surface area contributed by atoms with Gasteiger partial charge in [-0.1, -0.05) is 54.6 Å². The lowest BCUT2D eigenvalue weighted by atomic mass is 9.80. The normalized spacial score (nSPS) is 19.6. The Kier molecular flexibility index (Phi) is 9.79. The SMILES string of the molecule is COc1ccc(C(OC[C@H]2O[C@@H](n3cnc4c(=O)[nH]c(/N=C/N(C)C)nc43)[C@H](N(C)C)[C@@H]2O)(c2ccccc2)c2ccc(OC)cc2)cc1. The highest BCUT2D eigenvalue weighted by Crippen LogP contribution is 2.43. The third-order valence-electron chi connectivity index (χ3n) is 8.68. The lowest BCUT2D eigenvalue weighted by Crippen LogP contribution is -2.44. The van der Waals surface area contributed by atoms with Gasteiger partial charge in [0.05, 0.1) is 39.5 Å². The number of benzene rings is 3. The van der Waals surface area contributed by atoms with Gasteiger partial charge in [-0.2, -0.15) is 4.98 Å². The Morgan fingerprint density at radius 1 is 0.939 bits per heavy atom. The summed E-state index contributed by atoms with van der Waals surface area (Å²) < 4.78 is 26.3. The number of fused-ring (bicyclic) bond motifs is 1. The molecule has 0 saturated carbocycles. The maximum atomic E-state index is 12.9. The Hall–Kier alpha value is -5.08. The van der Waals surface area contributed by atoms with E-state index in [0.717, 1.165) is 16.7 Å². The van der Waals surface area contributed by atoms with Crippen LogP contribution in [0.3, 0.4) is 0 Å². The number of aliphatic hydroxyl groups excluding tert-OH is 1. The van der Waals surface area contributed by atoms with Crippen LogP contribution in [0.1, 0.15) is 22.9 Å². The summed E-state index contributed by atoms with van der Waals surface area (Å²) >= 11 is 0. The highest BCUT2D eigenvalue weighted by Gasteiger charge is 2.48. The number of hydrogen-bond acceptors (Lipinski definition) is 10. The molecule has 2 N–H and O–H groups in total. The fourth-order valence-corrected chi connectivity index (χ4v) is 6.27. The van der Waals surface area contributed by atoms with Gasteiger partial charge in [0.25, 0.3) is 5.56 Å². The second-order valence-corrected chi connectivity index (χ2v) is 12.2. The number of aliphatic imine (C=N–C) groups is 1. The molecule has 1 aliphatic rings. The number of nitrogens with one attached hydrogen (secondary N) is 1. The molecular formula is C36H41N7O6. The summed E-state index contributed by atoms with van der Waals surface area (Å²) in [4.78, 5) is 32.4. The Balaban J connectivity index is 1.41. The van der Waals surface area contributed by atoms with E-state index < -0.39 is 35.6 Å². The molecule has 1 aliphatic heterocycles. The predicted molar refractivity (Wildman–Crippen MR) is 186 cm³/mol. The van der Waals surface area contributed by atoms with Crippen LogP contribution < -0.4 is 15.0 Å². The van der Waals surface area contributed by atoms with Gasteiger partial charge in [0.15, 0.2) is 17.4 Å². The number of aromatic nitrogens is 4. The summed E-state index contributed by atoms with van der Waals surface area (Å²) in [5, 5.41) is 11.8. The molecule has 0 aliphatic carbocycles. The quantitative estimate of drug-likeness (QED) is 0.115. The van der Waals surface area contributed by atoms with E-state index in [1.54, 1.807) is 30.0 Å². The zero-order valence-electron chi connectivity index (χ0n) is 28.3. The molecule has 0 unspecified atom stereocenters. The molecule has 3 heterocycles. The van der Waals surface area contributed by atoms with Gasteiger partial charge in [-0.3, -0.25) is 19.2 Å². The van der Waals surface area contributed by atoms with E-state index in [4.69, 9.17) is 18.9 Å². The smallest absolute Gasteiger partial charge is 0.280 e. The highest BCUT2D eigenvalue weighted by atomic mass is 16.6. The minimum Gasteiger partial charge on any atom is -0.497 e. The molecule has 3 aromatic carbocycles. The maximum Gasteiger partial charge on any atom is 0.280 e. The molecule has 0 spiro atoms. The molecule has 2 aromatic heterocycles. The Bertz CT molecular complexity index is 1890. The monoisotopic (exact) mass is 667 g/mol. The molecule has 256 valence electrons. The zero-order valence-corrected chi connectivity index (χ0v) is 28.3. The van der Waals surface area contributed by atoms with Crippen LogP contribution in [-0.4, -0.2) is 108 Å². The minimum absolute atomic E-state index is 0.00792. The standard InChI is InChI=1S/C36H41N7O6/c1-41(2)21-38-35-39-32-29(33(45)40-35)37-22-43(32)34-30(42(3)4)31(44)28(49-34)20-48-36(23-10-8-7-9-11-23,24-12-16-26(46-5)17-13-24)25-14-18-27(47-6)19-15-25/h7-19,21-22,28,30-31,34,44H,20H2,1-6H3,(H,39,40,45)/b38-21+/t28-,30-,31-,34-/m1/s1. The molecule has 0 radical (unpaired) electrons. The van der Waals surface area contributed by atoms with E-state index >= 15 is 0 Å². The molecule has 13 nitrogen and oxygen atoms in total. The van der Waals surface area contributed by atoms with Crippen molar-refractivity contribution in [3.05, 3.63) is 112 Å². The highest BCUT2D eigenvalue weighted by molar-refractivity contribution is 5.71. The van der Waals surface area contributed by atoms with Gasteiger partial charge >= 0.3 is 0 Å². The molecule has 0 bridgehead atoms. The molecule has 4 atom stereocenters. The maximum absolute atomic E-state index is 12.9. The van der Waals surface area contributed by atoms with Gasteiger partial charge in [0.2, 0.25) is 5.95 Å². The van der Waals surface area contributed by atoms with Crippen LogP contribution in [0.15, 0.2) is 95.0 Å². The van der Waals surface area contributed by atoms with Crippen molar-refractivity contribution in [3.63, 3.8) is 0 Å². The Morgan fingerprint density at radius 2 is 1.53 bits per heavy atom. The summed E-state index contributed by atoms with van der Waals surface area (Å²) in [7, 11) is 10.6. The fourth-order valence-electron chi connectivity index (χ4n) is 6.27. The van der Waals surface area contributed by atoms with Crippen LogP contribution >= 0.6 is 0 Å². The first kappa shape index (κ1) is 33.8. The van der Waals surface area contributed by atoms with Gasteiger partial charge in [0, 0.05) is 14.1 Å². The van der Waals surface area contributed by atoms with Crippen molar-refractivity contribution in [2.24, 2.45) is 4.99 Å². The first-order chi connectivity index (χ1) is 23.7. The summed E-state index contributed by atoms with van der Waals surface area (Å²) in [6.07, 6.45) is 0.540. The fraction of sp³-hybridized carbons (Fsp3) is 0.333. The van der Waals surface area contributed by atoms with Gasteiger partial charge in [0.1, 0.15) is 29.3 Å². The summed E-state index contributed by atoms with van der Waals surface area (Å²) in [5.74, 6) is 1.55. The topological polar surface area (TPSA) is 140 Å². The van der Waals surface area contributed by atoms with Crippen LogP contribution in [0.5, 0.6) is 11.5 Å². The first-order valence-electron chi connectivity index (χ1n) is 15.8. The number of aliphatic hydroxyl groups is 1. The Morgan fingerprint density at radius 3 is 2.08 bits per heavy atom. The minimum atomic E-state index is -1.11. The number of hydrogen-bond donors (Lipinski definition) is 2. The molecule has 0 amide bonds. The number of ether oxygens (including phenoxy) is 4. The molecular weight excluding hydrogens is 626 g/mol. The van der Waals surface area contributed by atoms with E-state index in [0.29, 0.717) is 11.5 Å². The third-order valence-corrected chi connectivity index (χ3v) is 8.68. The van der Waals surface area contributed by atoms with Gasteiger partial charge in [-0.15, -0.1) is 0 Å². The van der Waals surface area contributed by atoms with Crippen molar-refractivity contribution >= 4 is 23.5 Å². The van der Waals surface area contributed by atoms with Crippen molar-refractivity contribution in [2.75, 3.05) is 49.0 Å². The van der Waals surface area contributed by atoms with Crippen molar-refractivity contribution in [1.29, 1.82) is 0 Å². The third kappa shape index (κ3) is 6.53. The molecule has 49 heavy (non-hydrogen) atoms. The van der Waals surface area contributed by atoms with Gasteiger partial charge in [-0.05, 0) is 55.1 Å². The van der Waals surface area contributed by atoms with E-state index in [2.05, 4.69) is 19.9 Å². The average Bonchev–Trinajstić information content (AvgIpc) is 3.69. The lowest BCUT2D eigenvalue weighted by Gasteiger charge is -2.37. The van der Waals surface area contributed by atoms with Crippen molar-refractivity contribution in [3.8, 4) is 11.5 Å². The molecule has 6 rings (SSSR count). The number of imidazole rings is 1. The number of likely N-dealkylation sites (N-methyl/N-ethyl adjacent to an activating group) is 1. The summed E-state index contributed by atoms with van der Waals surface area (Å²) in [5.41, 5.74) is 1.48. The first-order valence-corrected chi connectivity index (χ1v) is 15.8. The second kappa shape index (κ2) is 14.2. The molecule has 5 aromatic rings. The van der Waals surface area contributed by atoms with E-state index in [1.165, 1.54) is 6.33 Å². The molecule has 1 fully saturated rings. The van der Waals surface area contributed by atoms with Crippen LogP contribution in [0.4, 0.5) is 5.95 Å². The lowest BCUT2D eigenvalue weighted by molar-refractivity contribution is -0.0935. The van der Waals surface area contributed by atoms with Gasteiger partial charge < -0.3 is 29.0 Å². The van der Waals surface area contributed by atoms with Crippen LogP contribution in [0, 0.1) is 0 Å². The van der Waals surface area contributed by atoms with E-state index in [1.807, 2.05) is 112 Å². The summed E-state index contributed by atoms with van der Waals surface area (Å²) in [6.45, 7) is 0.00792. The largest absolute Gasteiger partial charge is 0.497 e. The second-order valence-electron chi connectivity index (χ2n) is 12.2. The number of aromatic amines is 1. The molecule has 1 saturated heterocycles.